The highest BCUT2D eigenvalue weighted by atomic mass is 32.1. The molecule has 2 heterocycles. The summed E-state index contributed by atoms with van der Waals surface area (Å²) in [5, 5.41) is 13.3. The Labute approximate surface area is 131 Å². The van der Waals surface area contributed by atoms with E-state index in [1.165, 1.54) is 15.3 Å². The van der Waals surface area contributed by atoms with Crippen molar-refractivity contribution >= 4 is 28.6 Å². The van der Waals surface area contributed by atoms with Crippen molar-refractivity contribution in [1.82, 2.24) is 0 Å². The fourth-order valence-corrected chi connectivity index (χ4v) is 3.75. The molecule has 2 aromatic heterocycles. The molecule has 0 spiro atoms. The first kappa shape index (κ1) is 14.0. The number of benzene rings is 1. The van der Waals surface area contributed by atoms with Gasteiger partial charge in [0.1, 0.15) is 0 Å². The van der Waals surface area contributed by atoms with E-state index in [2.05, 4.69) is 22.9 Å². The summed E-state index contributed by atoms with van der Waals surface area (Å²) >= 11 is 3.44. The van der Waals surface area contributed by atoms with Gasteiger partial charge in [0.05, 0.1) is 5.56 Å². The first-order valence-corrected chi connectivity index (χ1v) is 8.38. The second-order valence-corrected chi connectivity index (χ2v) is 6.87. The van der Waals surface area contributed by atoms with E-state index in [-0.39, 0.29) is 0 Å². The zero-order valence-corrected chi connectivity index (χ0v) is 12.9. The van der Waals surface area contributed by atoms with Gasteiger partial charge in [-0.25, -0.2) is 4.79 Å². The van der Waals surface area contributed by atoms with Crippen LogP contribution in [0.25, 0.3) is 0 Å². The Bertz CT molecular complexity index is 728. The monoisotopic (exact) mass is 314 g/mol. The third kappa shape index (κ3) is 3.40. The fraction of sp³-hybridized carbons (Fsp3) is 0.118. The minimum Gasteiger partial charge on any atom is -0.478 e. The molecule has 0 aliphatic carbocycles. The molecule has 0 aliphatic rings. The molecular weight excluding hydrogens is 300 g/mol. The van der Waals surface area contributed by atoms with Crippen molar-refractivity contribution in [2.45, 2.75) is 12.8 Å². The molecule has 0 radical (unpaired) electrons. The zero-order valence-electron chi connectivity index (χ0n) is 11.3. The van der Waals surface area contributed by atoms with Gasteiger partial charge in [0.25, 0.3) is 0 Å². The lowest BCUT2D eigenvalue weighted by atomic mass is 9.98. The zero-order chi connectivity index (χ0) is 14.7. The van der Waals surface area contributed by atoms with E-state index >= 15 is 0 Å². The lowest BCUT2D eigenvalue weighted by Crippen LogP contribution is -2.01. The molecule has 0 unspecified atom stereocenters. The topological polar surface area (TPSA) is 37.3 Å². The van der Waals surface area contributed by atoms with Crippen LogP contribution in [0.3, 0.4) is 0 Å². The van der Waals surface area contributed by atoms with E-state index < -0.39 is 5.97 Å². The predicted molar refractivity (Wildman–Crippen MR) is 87.7 cm³/mol. The second-order valence-electron chi connectivity index (χ2n) is 4.80. The number of rotatable bonds is 5. The lowest BCUT2D eigenvalue weighted by molar-refractivity contribution is 0.0697. The van der Waals surface area contributed by atoms with Crippen molar-refractivity contribution in [3.8, 4) is 0 Å². The Balaban J connectivity index is 1.95. The molecule has 0 saturated carbocycles. The number of hydrogen-bond acceptors (Lipinski definition) is 3. The van der Waals surface area contributed by atoms with Gasteiger partial charge in [-0.05, 0) is 46.2 Å². The van der Waals surface area contributed by atoms with Crippen LogP contribution >= 0.6 is 22.7 Å². The fourth-order valence-electron chi connectivity index (χ4n) is 2.30. The summed E-state index contributed by atoms with van der Waals surface area (Å²) < 4.78 is 0. The maximum Gasteiger partial charge on any atom is 0.335 e. The molecule has 4 heteroatoms. The highest BCUT2D eigenvalue weighted by Crippen LogP contribution is 2.23. The highest BCUT2D eigenvalue weighted by molar-refractivity contribution is 7.10. The summed E-state index contributed by atoms with van der Waals surface area (Å²) in [4.78, 5) is 13.7. The molecule has 2 nitrogen and oxygen atoms in total. The van der Waals surface area contributed by atoms with Gasteiger partial charge < -0.3 is 5.11 Å². The van der Waals surface area contributed by atoms with E-state index in [1.807, 2.05) is 24.3 Å². The molecule has 1 aromatic carbocycles. The minimum atomic E-state index is -0.870. The maximum absolute atomic E-state index is 11.2. The molecule has 21 heavy (non-hydrogen) atoms. The third-order valence-corrected chi connectivity index (χ3v) is 5.10. The lowest BCUT2D eigenvalue weighted by Gasteiger charge is -2.09. The number of carboxylic acid groups (broad SMARTS) is 1. The van der Waals surface area contributed by atoms with Crippen LogP contribution in [0, 0.1) is 0 Å². The van der Waals surface area contributed by atoms with E-state index in [9.17, 15) is 9.90 Å². The summed E-state index contributed by atoms with van der Waals surface area (Å²) in [6.07, 6.45) is 1.65. The van der Waals surface area contributed by atoms with Crippen LogP contribution in [0.2, 0.25) is 0 Å². The van der Waals surface area contributed by atoms with Crippen LogP contribution in [0.5, 0.6) is 0 Å². The van der Waals surface area contributed by atoms with Gasteiger partial charge in [-0.1, -0.05) is 18.2 Å². The van der Waals surface area contributed by atoms with E-state index in [0.29, 0.717) is 5.56 Å². The normalized spacial score (nSPS) is 10.7. The molecule has 0 atom stereocenters. The van der Waals surface area contributed by atoms with Crippen LogP contribution in [-0.2, 0) is 12.8 Å². The summed E-state index contributed by atoms with van der Waals surface area (Å²) in [5.74, 6) is -0.870. The standard InChI is InChI=1S/C17H14O2S2/c18-17(19)13-6-5-12(10-15-3-1-7-20-15)14(9-13)11-16-4-2-8-21-16/h1-9H,10-11H2,(H,18,19). The van der Waals surface area contributed by atoms with Gasteiger partial charge in [0.15, 0.2) is 0 Å². The first-order chi connectivity index (χ1) is 10.2. The van der Waals surface area contributed by atoms with Crippen LogP contribution in [0.15, 0.2) is 53.2 Å². The van der Waals surface area contributed by atoms with Crippen molar-refractivity contribution in [3.05, 3.63) is 79.7 Å². The van der Waals surface area contributed by atoms with E-state index in [4.69, 9.17) is 0 Å². The van der Waals surface area contributed by atoms with Gasteiger partial charge in [-0.15, -0.1) is 22.7 Å². The van der Waals surface area contributed by atoms with Gasteiger partial charge in [-0.2, -0.15) is 0 Å². The SMILES string of the molecule is O=C(O)c1ccc(Cc2cccs2)c(Cc2cccs2)c1. The van der Waals surface area contributed by atoms with Gasteiger partial charge in [0, 0.05) is 22.6 Å². The molecule has 0 amide bonds. The maximum atomic E-state index is 11.2. The third-order valence-electron chi connectivity index (χ3n) is 3.34. The number of carbonyl (C=O) groups is 1. The Kier molecular flexibility index (Phi) is 4.18. The van der Waals surface area contributed by atoms with Crippen LogP contribution in [0.4, 0.5) is 0 Å². The molecule has 1 N–H and O–H groups in total. The summed E-state index contributed by atoms with van der Waals surface area (Å²) in [6.45, 7) is 0. The Morgan fingerprint density at radius 1 is 0.905 bits per heavy atom. The molecule has 0 saturated heterocycles. The largest absolute Gasteiger partial charge is 0.478 e. The van der Waals surface area contributed by atoms with Crippen LogP contribution in [0.1, 0.15) is 31.2 Å². The molecule has 106 valence electrons. The van der Waals surface area contributed by atoms with Crippen LogP contribution in [-0.4, -0.2) is 11.1 Å². The summed E-state index contributed by atoms with van der Waals surface area (Å²) in [7, 11) is 0. The van der Waals surface area contributed by atoms with Crippen LogP contribution < -0.4 is 0 Å². The Morgan fingerprint density at radius 2 is 1.52 bits per heavy atom. The van der Waals surface area contributed by atoms with Crippen molar-refractivity contribution in [3.63, 3.8) is 0 Å². The smallest absolute Gasteiger partial charge is 0.335 e. The number of aromatic carboxylic acids is 1. The van der Waals surface area contributed by atoms with Gasteiger partial charge in [0.2, 0.25) is 0 Å². The number of hydrogen-bond donors (Lipinski definition) is 1. The molecule has 0 aliphatic heterocycles. The van der Waals surface area contributed by atoms with Crippen molar-refractivity contribution < 1.29 is 9.90 Å². The van der Waals surface area contributed by atoms with Crippen molar-refractivity contribution in [1.29, 1.82) is 0 Å². The second kappa shape index (κ2) is 6.24. The van der Waals surface area contributed by atoms with Crippen molar-refractivity contribution in [2.24, 2.45) is 0 Å². The summed E-state index contributed by atoms with van der Waals surface area (Å²) in [6, 6.07) is 13.7. The molecule has 0 bridgehead atoms. The quantitative estimate of drug-likeness (QED) is 0.742. The summed E-state index contributed by atoms with van der Waals surface area (Å²) in [5.41, 5.74) is 2.66. The Morgan fingerprint density at radius 3 is 2.05 bits per heavy atom. The molecule has 3 rings (SSSR count). The number of thiophene rings is 2. The number of carboxylic acids is 1. The molecule has 0 fully saturated rings. The average Bonchev–Trinajstić information content (AvgIpc) is 3.14. The molecule has 3 aromatic rings. The minimum absolute atomic E-state index is 0.358. The average molecular weight is 314 g/mol. The van der Waals surface area contributed by atoms with Crippen molar-refractivity contribution in [2.75, 3.05) is 0 Å². The van der Waals surface area contributed by atoms with Gasteiger partial charge >= 0.3 is 5.97 Å². The molecular formula is C17H14O2S2. The predicted octanol–water partition coefficient (Wildman–Crippen LogP) is 4.69. The van der Waals surface area contributed by atoms with E-state index in [1.54, 1.807) is 28.7 Å². The van der Waals surface area contributed by atoms with E-state index in [0.717, 1.165) is 18.4 Å². The van der Waals surface area contributed by atoms with Gasteiger partial charge in [-0.3, -0.25) is 0 Å². The highest BCUT2D eigenvalue weighted by Gasteiger charge is 2.10. The first-order valence-electron chi connectivity index (χ1n) is 6.62. The Hall–Kier alpha value is -1.91.